The molecule has 0 spiro atoms. The van der Waals surface area contributed by atoms with Gasteiger partial charge in [0, 0.05) is 23.0 Å². The zero-order chi connectivity index (χ0) is 18.8. The number of methoxy groups -OCH3 is 2. The summed E-state index contributed by atoms with van der Waals surface area (Å²) in [5, 5.41) is 1.26. The van der Waals surface area contributed by atoms with Crippen molar-refractivity contribution in [2.24, 2.45) is 0 Å². The van der Waals surface area contributed by atoms with Crippen LogP contribution in [0.4, 0.5) is 0 Å². The van der Waals surface area contributed by atoms with Crippen LogP contribution in [-0.4, -0.2) is 18.8 Å². The minimum absolute atomic E-state index is 0.865. The molecule has 4 rings (SSSR count). The molecule has 0 radical (unpaired) electrons. The topological polar surface area (TPSA) is 23.4 Å². The summed E-state index contributed by atoms with van der Waals surface area (Å²) in [6.45, 7) is 3.09. The molecule has 1 aromatic heterocycles. The molecule has 0 aliphatic heterocycles. The molecule has 1 heterocycles. The maximum absolute atomic E-state index is 5.34. The molecule has 27 heavy (non-hydrogen) atoms. The maximum Gasteiger partial charge on any atom is 0.118 e. The molecule has 3 heteroatoms. The van der Waals surface area contributed by atoms with Crippen LogP contribution in [-0.2, 0) is 6.54 Å². The summed E-state index contributed by atoms with van der Waals surface area (Å²) in [5.74, 6) is 1.73. The van der Waals surface area contributed by atoms with Crippen molar-refractivity contribution in [3.8, 4) is 33.9 Å². The van der Waals surface area contributed by atoms with Gasteiger partial charge in [-0.1, -0.05) is 30.3 Å². The Morgan fingerprint density at radius 3 is 1.81 bits per heavy atom. The van der Waals surface area contributed by atoms with Gasteiger partial charge in [0.15, 0.2) is 0 Å². The number of aryl methyl sites for hydroxylation is 1. The Labute approximate surface area is 159 Å². The third-order valence-corrected chi connectivity index (χ3v) is 5.03. The van der Waals surface area contributed by atoms with E-state index < -0.39 is 0 Å². The van der Waals surface area contributed by atoms with Crippen molar-refractivity contribution in [3.05, 3.63) is 72.8 Å². The Bertz CT molecular complexity index is 1060. The van der Waals surface area contributed by atoms with Crippen molar-refractivity contribution >= 4 is 10.9 Å². The van der Waals surface area contributed by atoms with Crippen molar-refractivity contribution in [2.45, 2.75) is 13.5 Å². The van der Waals surface area contributed by atoms with E-state index in [1.807, 2.05) is 24.3 Å². The summed E-state index contributed by atoms with van der Waals surface area (Å²) in [6, 6.07) is 25.2. The van der Waals surface area contributed by atoms with Gasteiger partial charge < -0.3 is 14.0 Å². The molecule has 0 atom stereocenters. The highest BCUT2D eigenvalue weighted by molar-refractivity contribution is 6.04. The van der Waals surface area contributed by atoms with Crippen LogP contribution in [0.3, 0.4) is 0 Å². The van der Waals surface area contributed by atoms with Crippen molar-refractivity contribution in [1.29, 1.82) is 0 Å². The predicted octanol–water partition coefficient (Wildman–Crippen LogP) is 6.01. The predicted molar refractivity (Wildman–Crippen MR) is 112 cm³/mol. The second kappa shape index (κ2) is 7.20. The van der Waals surface area contributed by atoms with E-state index in [0.717, 1.165) is 18.0 Å². The van der Waals surface area contributed by atoms with Crippen molar-refractivity contribution < 1.29 is 9.47 Å². The first-order valence-corrected chi connectivity index (χ1v) is 9.17. The number of rotatable bonds is 5. The van der Waals surface area contributed by atoms with Crippen LogP contribution in [0, 0.1) is 0 Å². The third kappa shape index (κ3) is 2.95. The normalized spacial score (nSPS) is 10.9. The molecule has 3 nitrogen and oxygen atoms in total. The number of fused-ring (bicyclic) bond motifs is 1. The van der Waals surface area contributed by atoms with E-state index in [2.05, 4.69) is 60.0 Å². The zero-order valence-corrected chi connectivity index (χ0v) is 15.9. The molecule has 3 aromatic carbocycles. The minimum atomic E-state index is 0.865. The molecule has 0 aliphatic rings. The first-order chi connectivity index (χ1) is 13.3. The lowest BCUT2D eigenvalue weighted by Crippen LogP contribution is -1.97. The fourth-order valence-corrected chi connectivity index (χ4v) is 3.73. The molecule has 136 valence electrons. The van der Waals surface area contributed by atoms with Gasteiger partial charge in [-0.15, -0.1) is 0 Å². The van der Waals surface area contributed by atoms with E-state index in [9.17, 15) is 0 Å². The van der Waals surface area contributed by atoms with Gasteiger partial charge >= 0.3 is 0 Å². The van der Waals surface area contributed by atoms with Gasteiger partial charge in [-0.2, -0.15) is 0 Å². The molecule has 0 N–H and O–H groups in total. The molecular formula is C24H23NO2. The van der Waals surface area contributed by atoms with Crippen LogP contribution in [0.2, 0.25) is 0 Å². The van der Waals surface area contributed by atoms with E-state index in [-0.39, 0.29) is 0 Å². The number of para-hydroxylation sites is 1. The maximum atomic E-state index is 5.34. The SMILES string of the molecule is CCn1c(-c2ccc(OC)cc2)c(-c2ccc(OC)cc2)c2ccccc21. The fraction of sp³-hybridized carbons (Fsp3) is 0.167. The molecular weight excluding hydrogens is 334 g/mol. The van der Waals surface area contributed by atoms with Crippen LogP contribution in [0.1, 0.15) is 6.92 Å². The van der Waals surface area contributed by atoms with Crippen molar-refractivity contribution in [1.82, 2.24) is 4.57 Å². The average Bonchev–Trinajstić information content (AvgIpc) is 3.08. The summed E-state index contributed by atoms with van der Waals surface area (Å²) >= 11 is 0. The Morgan fingerprint density at radius 1 is 0.704 bits per heavy atom. The first kappa shape index (κ1) is 17.2. The summed E-state index contributed by atoms with van der Waals surface area (Å²) in [5.41, 5.74) is 6.09. The highest BCUT2D eigenvalue weighted by Gasteiger charge is 2.19. The van der Waals surface area contributed by atoms with E-state index >= 15 is 0 Å². The first-order valence-electron chi connectivity index (χ1n) is 9.17. The number of aromatic nitrogens is 1. The van der Waals surface area contributed by atoms with E-state index in [4.69, 9.17) is 9.47 Å². The number of ether oxygens (including phenoxy) is 2. The second-order valence-electron chi connectivity index (χ2n) is 6.44. The number of hydrogen-bond acceptors (Lipinski definition) is 2. The van der Waals surface area contributed by atoms with Crippen molar-refractivity contribution in [2.75, 3.05) is 14.2 Å². The number of hydrogen-bond donors (Lipinski definition) is 0. The lowest BCUT2D eigenvalue weighted by atomic mass is 9.98. The van der Waals surface area contributed by atoms with Gasteiger partial charge in [0.05, 0.1) is 19.9 Å². The van der Waals surface area contributed by atoms with Gasteiger partial charge in [0.1, 0.15) is 11.5 Å². The van der Waals surface area contributed by atoms with E-state index in [0.29, 0.717) is 0 Å². The molecule has 0 saturated heterocycles. The zero-order valence-electron chi connectivity index (χ0n) is 15.9. The molecule has 0 saturated carbocycles. The van der Waals surface area contributed by atoms with Crippen LogP contribution >= 0.6 is 0 Å². The molecule has 4 aromatic rings. The number of nitrogens with zero attached hydrogens (tertiary/aromatic N) is 1. The summed E-state index contributed by atoms with van der Waals surface area (Å²) in [7, 11) is 3.39. The Hall–Kier alpha value is -3.20. The lowest BCUT2D eigenvalue weighted by Gasteiger charge is -2.12. The minimum Gasteiger partial charge on any atom is -0.497 e. The Kier molecular flexibility index (Phi) is 4.59. The van der Waals surface area contributed by atoms with Crippen LogP contribution in [0.5, 0.6) is 11.5 Å². The smallest absolute Gasteiger partial charge is 0.118 e. The summed E-state index contributed by atoms with van der Waals surface area (Å²) in [4.78, 5) is 0. The molecule has 0 fully saturated rings. The quantitative estimate of drug-likeness (QED) is 0.436. The molecule has 0 amide bonds. The van der Waals surface area contributed by atoms with Crippen molar-refractivity contribution in [3.63, 3.8) is 0 Å². The van der Waals surface area contributed by atoms with E-state index in [1.54, 1.807) is 14.2 Å². The molecule has 0 unspecified atom stereocenters. The van der Waals surface area contributed by atoms with Gasteiger partial charge in [0.25, 0.3) is 0 Å². The average molecular weight is 357 g/mol. The molecule has 0 bridgehead atoms. The number of benzene rings is 3. The highest BCUT2D eigenvalue weighted by Crippen LogP contribution is 2.41. The Morgan fingerprint density at radius 2 is 1.26 bits per heavy atom. The van der Waals surface area contributed by atoms with E-state index in [1.165, 1.54) is 33.3 Å². The summed E-state index contributed by atoms with van der Waals surface area (Å²) in [6.07, 6.45) is 0. The second-order valence-corrected chi connectivity index (χ2v) is 6.44. The van der Waals surface area contributed by atoms with Gasteiger partial charge in [-0.25, -0.2) is 0 Å². The highest BCUT2D eigenvalue weighted by atomic mass is 16.5. The lowest BCUT2D eigenvalue weighted by molar-refractivity contribution is 0.414. The van der Waals surface area contributed by atoms with Gasteiger partial charge in [0.2, 0.25) is 0 Å². The van der Waals surface area contributed by atoms with Crippen LogP contribution in [0.15, 0.2) is 72.8 Å². The third-order valence-electron chi connectivity index (χ3n) is 5.03. The largest absolute Gasteiger partial charge is 0.497 e. The monoisotopic (exact) mass is 357 g/mol. The van der Waals surface area contributed by atoms with Gasteiger partial charge in [-0.05, 0) is 60.5 Å². The van der Waals surface area contributed by atoms with Crippen LogP contribution < -0.4 is 9.47 Å². The Balaban J connectivity index is 2.02. The molecule has 0 aliphatic carbocycles. The summed E-state index contributed by atoms with van der Waals surface area (Å²) < 4.78 is 13.1. The fourth-order valence-electron chi connectivity index (χ4n) is 3.73. The standard InChI is InChI=1S/C24H23NO2/c1-4-25-22-8-6-5-7-21(22)23(17-9-13-19(26-2)14-10-17)24(25)18-11-15-20(27-3)16-12-18/h5-16H,4H2,1-3H3. The van der Waals surface area contributed by atoms with Gasteiger partial charge in [-0.3, -0.25) is 0 Å². The van der Waals surface area contributed by atoms with Crippen LogP contribution in [0.25, 0.3) is 33.3 Å².